The van der Waals surface area contributed by atoms with E-state index in [0.29, 0.717) is 11.1 Å². The fraction of sp³-hybridized carbons (Fsp3) is 0. The zero-order chi connectivity index (χ0) is 9.26. The molecule has 1 aromatic heterocycles. The Hall–Kier alpha value is -1.89. The summed E-state index contributed by atoms with van der Waals surface area (Å²) >= 11 is 0. The van der Waals surface area contributed by atoms with Gasteiger partial charge in [0.15, 0.2) is 0 Å². The Morgan fingerprint density at radius 3 is 2.54 bits per heavy atom. The molecule has 0 unspecified atom stereocenters. The summed E-state index contributed by atoms with van der Waals surface area (Å²) in [5.74, 6) is 0. The van der Waals surface area contributed by atoms with E-state index in [1.807, 2.05) is 13.9 Å². The summed E-state index contributed by atoms with van der Waals surface area (Å²) in [5.41, 5.74) is 3.11. The van der Waals surface area contributed by atoms with Gasteiger partial charge in [-0.2, -0.15) is 5.26 Å². The van der Waals surface area contributed by atoms with Crippen molar-refractivity contribution in [3.63, 3.8) is 0 Å². The molecule has 2 aromatic rings. The van der Waals surface area contributed by atoms with Crippen LogP contribution in [0.15, 0.2) is 24.5 Å². The highest BCUT2D eigenvalue weighted by molar-refractivity contribution is 6.38. The first-order chi connectivity index (χ1) is 6.33. The Kier molecular flexibility index (Phi) is 1.71. The standard InChI is InChI=1S/C9H6BN3/c10-7-2-1-6(5-11)8-9(7)13-4-3-12-8/h1-4H,10H2. The van der Waals surface area contributed by atoms with E-state index >= 15 is 0 Å². The second-order valence-electron chi connectivity index (χ2n) is 2.80. The van der Waals surface area contributed by atoms with Gasteiger partial charge in [-0.3, -0.25) is 9.97 Å². The number of aromatic nitrogens is 2. The average molecular weight is 167 g/mol. The molecule has 4 heteroatoms. The first-order valence-electron chi connectivity index (χ1n) is 3.93. The Morgan fingerprint density at radius 2 is 1.85 bits per heavy atom. The van der Waals surface area contributed by atoms with Gasteiger partial charge in [0.1, 0.15) is 19.4 Å². The van der Waals surface area contributed by atoms with Crippen molar-refractivity contribution >= 4 is 24.3 Å². The van der Waals surface area contributed by atoms with Crippen LogP contribution in [0.1, 0.15) is 5.56 Å². The first kappa shape index (κ1) is 7.75. The van der Waals surface area contributed by atoms with E-state index < -0.39 is 0 Å². The fourth-order valence-corrected chi connectivity index (χ4v) is 1.28. The van der Waals surface area contributed by atoms with Crippen molar-refractivity contribution in [3.8, 4) is 6.07 Å². The molecule has 0 fully saturated rings. The lowest BCUT2D eigenvalue weighted by Crippen LogP contribution is -2.06. The summed E-state index contributed by atoms with van der Waals surface area (Å²) < 4.78 is 0. The van der Waals surface area contributed by atoms with Crippen LogP contribution in [0.25, 0.3) is 11.0 Å². The SMILES string of the molecule is Bc1ccc(C#N)c2nccnc12. The molecular weight excluding hydrogens is 161 g/mol. The predicted octanol–water partition coefficient (Wildman–Crippen LogP) is -0.240. The molecule has 0 N–H and O–H groups in total. The van der Waals surface area contributed by atoms with Crippen molar-refractivity contribution in [1.82, 2.24) is 9.97 Å². The van der Waals surface area contributed by atoms with Crippen molar-refractivity contribution in [2.75, 3.05) is 0 Å². The minimum atomic E-state index is 0.578. The average Bonchev–Trinajstić information content (AvgIpc) is 2.19. The highest BCUT2D eigenvalue weighted by atomic mass is 14.8. The van der Waals surface area contributed by atoms with E-state index in [9.17, 15) is 0 Å². The van der Waals surface area contributed by atoms with Gasteiger partial charge in [0.2, 0.25) is 0 Å². The van der Waals surface area contributed by atoms with E-state index in [1.54, 1.807) is 18.5 Å². The molecule has 0 amide bonds. The van der Waals surface area contributed by atoms with Crippen LogP contribution < -0.4 is 5.46 Å². The third-order valence-corrected chi connectivity index (χ3v) is 1.95. The maximum atomic E-state index is 8.81. The number of fused-ring (bicyclic) bond motifs is 1. The van der Waals surface area contributed by atoms with Crippen LogP contribution in [-0.2, 0) is 0 Å². The minimum absolute atomic E-state index is 0.578. The first-order valence-corrected chi connectivity index (χ1v) is 3.93. The van der Waals surface area contributed by atoms with Crippen molar-refractivity contribution in [2.24, 2.45) is 0 Å². The summed E-state index contributed by atoms with van der Waals surface area (Å²) in [6, 6.07) is 5.75. The lowest BCUT2D eigenvalue weighted by Gasteiger charge is -2.00. The molecule has 0 aliphatic rings. The number of rotatable bonds is 0. The molecule has 0 saturated heterocycles. The summed E-state index contributed by atoms with van der Waals surface area (Å²) in [6.07, 6.45) is 3.24. The number of hydrogen-bond donors (Lipinski definition) is 0. The summed E-state index contributed by atoms with van der Waals surface area (Å²) in [6.45, 7) is 0. The second-order valence-corrected chi connectivity index (χ2v) is 2.80. The van der Waals surface area contributed by atoms with Gasteiger partial charge >= 0.3 is 0 Å². The van der Waals surface area contributed by atoms with Crippen LogP contribution in [0.4, 0.5) is 0 Å². The van der Waals surface area contributed by atoms with Gasteiger partial charge < -0.3 is 0 Å². The number of nitriles is 1. The highest BCUT2D eigenvalue weighted by Gasteiger charge is 2.03. The molecule has 0 aliphatic carbocycles. The van der Waals surface area contributed by atoms with Gasteiger partial charge in [-0.15, -0.1) is 0 Å². The monoisotopic (exact) mass is 167 g/mol. The van der Waals surface area contributed by atoms with Gasteiger partial charge in [-0.25, -0.2) is 0 Å². The van der Waals surface area contributed by atoms with Crippen molar-refractivity contribution in [2.45, 2.75) is 0 Å². The van der Waals surface area contributed by atoms with Crippen molar-refractivity contribution < 1.29 is 0 Å². The van der Waals surface area contributed by atoms with Crippen LogP contribution in [0.3, 0.4) is 0 Å². The fourth-order valence-electron chi connectivity index (χ4n) is 1.28. The minimum Gasteiger partial charge on any atom is -0.254 e. The summed E-state index contributed by atoms with van der Waals surface area (Å²) in [4.78, 5) is 8.30. The zero-order valence-electron chi connectivity index (χ0n) is 7.15. The molecule has 0 atom stereocenters. The third kappa shape index (κ3) is 1.15. The number of hydrogen-bond acceptors (Lipinski definition) is 3. The molecule has 60 valence electrons. The molecular formula is C9H6BN3. The molecule has 0 spiro atoms. The Labute approximate surface area is 76.5 Å². The van der Waals surface area contributed by atoms with Gasteiger partial charge in [0.05, 0.1) is 11.1 Å². The molecule has 2 rings (SSSR count). The Bertz CT molecular complexity index is 502. The molecule has 0 bridgehead atoms. The lowest BCUT2D eigenvalue weighted by atomic mass is 9.93. The predicted molar refractivity (Wildman–Crippen MR) is 52.4 cm³/mol. The van der Waals surface area contributed by atoms with Crippen LogP contribution in [0, 0.1) is 11.3 Å². The van der Waals surface area contributed by atoms with Crippen LogP contribution >= 0.6 is 0 Å². The topological polar surface area (TPSA) is 49.6 Å². The maximum Gasteiger partial charge on any atom is 0.142 e. The van der Waals surface area contributed by atoms with Crippen LogP contribution in [0.5, 0.6) is 0 Å². The number of benzene rings is 1. The molecule has 0 saturated carbocycles. The summed E-state index contributed by atoms with van der Waals surface area (Å²) in [5, 5.41) is 8.81. The van der Waals surface area contributed by atoms with Crippen molar-refractivity contribution in [3.05, 3.63) is 30.1 Å². The van der Waals surface area contributed by atoms with Gasteiger partial charge in [-0.1, -0.05) is 11.5 Å². The lowest BCUT2D eigenvalue weighted by molar-refractivity contribution is 1.29. The normalized spacial score (nSPS) is 9.77. The zero-order valence-corrected chi connectivity index (χ0v) is 7.15. The Balaban J connectivity index is 2.95. The molecule has 0 radical (unpaired) electrons. The second kappa shape index (κ2) is 2.87. The Morgan fingerprint density at radius 1 is 1.15 bits per heavy atom. The smallest absolute Gasteiger partial charge is 0.142 e. The van der Waals surface area contributed by atoms with E-state index in [-0.39, 0.29) is 0 Å². The van der Waals surface area contributed by atoms with E-state index in [4.69, 9.17) is 5.26 Å². The molecule has 0 aliphatic heterocycles. The molecule has 1 heterocycles. The van der Waals surface area contributed by atoms with E-state index in [0.717, 1.165) is 11.0 Å². The number of nitrogens with zero attached hydrogens (tertiary/aromatic N) is 3. The highest BCUT2D eigenvalue weighted by Crippen LogP contribution is 2.09. The van der Waals surface area contributed by atoms with E-state index in [1.165, 1.54) is 0 Å². The molecule has 3 nitrogen and oxygen atoms in total. The third-order valence-electron chi connectivity index (χ3n) is 1.95. The summed E-state index contributed by atoms with van der Waals surface area (Å²) in [7, 11) is 1.96. The molecule has 13 heavy (non-hydrogen) atoms. The largest absolute Gasteiger partial charge is 0.254 e. The van der Waals surface area contributed by atoms with Crippen LogP contribution in [0.2, 0.25) is 0 Å². The maximum absolute atomic E-state index is 8.81. The quantitative estimate of drug-likeness (QED) is 0.508. The van der Waals surface area contributed by atoms with E-state index in [2.05, 4.69) is 16.0 Å². The molecule has 1 aromatic carbocycles. The van der Waals surface area contributed by atoms with Gasteiger partial charge in [0.25, 0.3) is 0 Å². The van der Waals surface area contributed by atoms with Gasteiger partial charge in [-0.05, 0) is 6.07 Å². The van der Waals surface area contributed by atoms with Gasteiger partial charge in [0, 0.05) is 12.4 Å². The van der Waals surface area contributed by atoms with Crippen LogP contribution in [-0.4, -0.2) is 17.8 Å². The van der Waals surface area contributed by atoms with Crippen molar-refractivity contribution in [1.29, 1.82) is 5.26 Å².